The predicted octanol–water partition coefficient (Wildman–Crippen LogP) is 5.88. The second-order valence-electron chi connectivity index (χ2n) is 8.43. The van der Waals surface area contributed by atoms with Crippen LogP contribution in [-0.4, -0.2) is 41.7 Å². The maximum Gasteiger partial charge on any atom is 0.416 e. The fourth-order valence-electron chi connectivity index (χ4n) is 4.32. The van der Waals surface area contributed by atoms with Gasteiger partial charge in [0.2, 0.25) is 0 Å². The van der Waals surface area contributed by atoms with E-state index in [1.54, 1.807) is 42.7 Å². The Kier molecular flexibility index (Phi) is 7.69. The molecule has 0 aromatic heterocycles. The number of alkyl halides is 6. The van der Waals surface area contributed by atoms with Crippen molar-refractivity contribution in [1.82, 2.24) is 10.4 Å². The van der Waals surface area contributed by atoms with Crippen molar-refractivity contribution >= 4 is 17.7 Å². The zero-order valence-corrected chi connectivity index (χ0v) is 19.8. The molecule has 12 heteroatoms. The first-order valence-electron chi connectivity index (χ1n) is 11.0. The highest BCUT2D eigenvalue weighted by Gasteiger charge is 2.41. The molecule has 3 atom stereocenters. The van der Waals surface area contributed by atoms with Gasteiger partial charge in [-0.15, -0.1) is 0 Å². The van der Waals surface area contributed by atoms with Crippen molar-refractivity contribution in [1.29, 1.82) is 0 Å². The zero-order chi connectivity index (χ0) is 26.1. The third kappa shape index (κ3) is 5.88. The van der Waals surface area contributed by atoms with Gasteiger partial charge in [-0.05, 0) is 48.1 Å². The van der Waals surface area contributed by atoms with E-state index in [1.165, 1.54) is 11.8 Å². The summed E-state index contributed by atoms with van der Waals surface area (Å²) >= 11 is 1.29. The van der Waals surface area contributed by atoms with Gasteiger partial charge < -0.3 is 9.94 Å². The van der Waals surface area contributed by atoms with Crippen LogP contribution in [0.1, 0.15) is 28.3 Å². The van der Waals surface area contributed by atoms with Crippen molar-refractivity contribution in [3.05, 3.63) is 82.0 Å². The minimum Gasteiger partial charge on any atom is -0.436 e. The normalized spacial score (nSPS) is 23.6. The first-order chi connectivity index (χ1) is 17.0. The second kappa shape index (κ2) is 10.4. The lowest BCUT2D eigenvalue weighted by Crippen LogP contribution is -2.51. The number of ether oxygens (including phenoxy) is 1. The molecule has 36 heavy (non-hydrogen) atoms. The van der Waals surface area contributed by atoms with Gasteiger partial charge in [0.25, 0.3) is 0 Å². The number of nitrogens with one attached hydrogen (secondary N) is 1. The van der Waals surface area contributed by atoms with Crippen molar-refractivity contribution in [2.45, 2.75) is 30.9 Å². The van der Waals surface area contributed by atoms with Crippen molar-refractivity contribution in [3.63, 3.8) is 0 Å². The molecule has 0 spiro atoms. The highest BCUT2D eigenvalue weighted by molar-refractivity contribution is 8.02. The summed E-state index contributed by atoms with van der Waals surface area (Å²) in [6.45, 7) is 0.490. The van der Waals surface area contributed by atoms with Gasteiger partial charge in [0, 0.05) is 6.54 Å². The van der Waals surface area contributed by atoms with Gasteiger partial charge in [0.15, 0.2) is 11.0 Å². The molecule has 0 aliphatic carbocycles. The van der Waals surface area contributed by atoms with Gasteiger partial charge in [-0.3, -0.25) is 5.32 Å². The summed E-state index contributed by atoms with van der Waals surface area (Å²) in [7, 11) is 0. The summed E-state index contributed by atoms with van der Waals surface area (Å²) in [4.78, 5) is 4.32. The molecule has 2 aromatic carbocycles. The quantitative estimate of drug-likeness (QED) is 0.483. The Morgan fingerprint density at radius 1 is 1.06 bits per heavy atom. The van der Waals surface area contributed by atoms with Gasteiger partial charge in [-0.25, -0.2) is 4.99 Å². The summed E-state index contributed by atoms with van der Waals surface area (Å²) in [5.41, 5.74) is -2.35. The number of nitrogens with zero attached hydrogens (tertiary/aromatic N) is 2. The molecule has 0 bridgehead atoms. The van der Waals surface area contributed by atoms with Crippen LogP contribution in [0, 0.1) is 5.92 Å². The molecular formula is C24H23F6N3O2S. The molecular weight excluding hydrogens is 508 g/mol. The van der Waals surface area contributed by atoms with Gasteiger partial charge in [0.05, 0.1) is 35.8 Å². The lowest BCUT2D eigenvalue weighted by Gasteiger charge is -2.40. The first kappa shape index (κ1) is 26.5. The van der Waals surface area contributed by atoms with Crippen LogP contribution in [-0.2, 0) is 23.5 Å². The molecule has 5 nitrogen and oxygen atoms in total. The van der Waals surface area contributed by atoms with E-state index in [1.807, 2.05) is 0 Å². The smallest absolute Gasteiger partial charge is 0.416 e. The highest BCUT2D eigenvalue weighted by Crippen LogP contribution is 2.39. The summed E-state index contributed by atoms with van der Waals surface area (Å²) in [5, 5.41) is 15.9. The van der Waals surface area contributed by atoms with Crippen molar-refractivity contribution in [2.24, 2.45) is 10.9 Å². The number of rotatable bonds is 4. The molecule has 0 radical (unpaired) electrons. The molecule has 2 heterocycles. The molecule has 3 unspecified atom stereocenters. The number of hydrogen-bond donors (Lipinski definition) is 2. The molecule has 2 aliphatic heterocycles. The Balaban J connectivity index is 1.81. The predicted molar refractivity (Wildman–Crippen MR) is 123 cm³/mol. The lowest BCUT2D eigenvalue weighted by atomic mass is 9.88. The summed E-state index contributed by atoms with van der Waals surface area (Å²) in [6, 6.07) is 8.61. The summed E-state index contributed by atoms with van der Waals surface area (Å²) in [5.74, 6) is -0.386. The zero-order valence-electron chi connectivity index (χ0n) is 19.0. The Labute approximate surface area is 207 Å². The molecule has 0 saturated carbocycles. The fourth-order valence-corrected chi connectivity index (χ4v) is 4.76. The Hall–Kier alpha value is -2.54. The number of hydrogen-bond acceptors (Lipinski definition) is 6. The number of fused-ring (bicyclic) bond motifs is 1. The number of hydroxylamine groups is 2. The number of aliphatic imine (C=N–C) groups is 1. The average Bonchev–Trinajstić information content (AvgIpc) is 2.83. The van der Waals surface area contributed by atoms with Crippen molar-refractivity contribution < 1.29 is 36.3 Å². The third-order valence-electron chi connectivity index (χ3n) is 6.05. The van der Waals surface area contributed by atoms with Gasteiger partial charge in [0.1, 0.15) is 0 Å². The van der Waals surface area contributed by atoms with E-state index in [0.717, 1.165) is 5.06 Å². The van der Waals surface area contributed by atoms with Crippen LogP contribution < -0.4 is 5.32 Å². The van der Waals surface area contributed by atoms with Gasteiger partial charge in [-0.1, -0.05) is 42.1 Å². The van der Waals surface area contributed by atoms with Crippen LogP contribution in [0.4, 0.5) is 26.3 Å². The number of halogens is 6. The Morgan fingerprint density at radius 2 is 1.69 bits per heavy atom. The van der Waals surface area contributed by atoms with E-state index in [4.69, 9.17) is 4.74 Å². The monoisotopic (exact) mass is 531 g/mol. The molecule has 2 aliphatic rings. The maximum atomic E-state index is 13.5. The fraction of sp³-hybridized carbons (Fsp3) is 0.375. The lowest BCUT2D eigenvalue weighted by molar-refractivity contribution is -0.160. The molecule has 4 rings (SSSR count). The van der Waals surface area contributed by atoms with Crippen LogP contribution >= 0.6 is 11.8 Å². The van der Waals surface area contributed by atoms with E-state index in [0.29, 0.717) is 22.8 Å². The topological polar surface area (TPSA) is 57.1 Å². The van der Waals surface area contributed by atoms with Crippen molar-refractivity contribution in [2.75, 3.05) is 19.5 Å². The summed E-state index contributed by atoms with van der Waals surface area (Å²) < 4.78 is 86.8. The van der Waals surface area contributed by atoms with Crippen LogP contribution in [0.5, 0.6) is 0 Å². The Morgan fingerprint density at radius 3 is 2.28 bits per heavy atom. The second-order valence-corrected chi connectivity index (χ2v) is 9.24. The molecule has 0 fully saturated rings. The van der Waals surface area contributed by atoms with Crippen LogP contribution in [0.2, 0.25) is 0 Å². The molecule has 2 N–H and O–H groups in total. The third-order valence-corrected chi connectivity index (χ3v) is 6.67. The highest BCUT2D eigenvalue weighted by atomic mass is 32.2. The molecule has 0 amide bonds. The van der Waals surface area contributed by atoms with Crippen LogP contribution in [0.25, 0.3) is 0 Å². The van der Waals surface area contributed by atoms with Crippen LogP contribution in [0.15, 0.2) is 64.7 Å². The SMILES string of the molecule is CSC1=CC(c2ccccc2)N(O)C(Cc2cc(C(F)(F)F)cc(C(F)(F)F)c2)C2CNCN=C2O1. The van der Waals surface area contributed by atoms with Crippen molar-refractivity contribution in [3.8, 4) is 0 Å². The number of benzene rings is 2. The van der Waals surface area contributed by atoms with E-state index in [9.17, 15) is 31.5 Å². The van der Waals surface area contributed by atoms with Gasteiger partial charge >= 0.3 is 12.4 Å². The summed E-state index contributed by atoms with van der Waals surface area (Å²) in [6.07, 6.45) is -6.82. The average molecular weight is 532 g/mol. The van der Waals surface area contributed by atoms with E-state index in [2.05, 4.69) is 10.3 Å². The largest absolute Gasteiger partial charge is 0.436 e. The van der Waals surface area contributed by atoms with E-state index in [-0.39, 0.29) is 37.2 Å². The maximum absolute atomic E-state index is 13.5. The molecule has 194 valence electrons. The molecule has 0 saturated heterocycles. The minimum atomic E-state index is -4.97. The van der Waals surface area contributed by atoms with E-state index < -0.39 is 41.5 Å². The Bertz CT molecular complexity index is 1100. The van der Waals surface area contributed by atoms with E-state index >= 15 is 0 Å². The molecule has 2 aromatic rings. The standard InChI is InChI=1S/C24H23F6N3O2S/c1-36-21-11-19(15-5-3-2-4-6-15)33(34)20(18-12-31-13-32-22(18)35-21)9-14-7-16(23(25,26)27)10-17(8-14)24(28,29)30/h2-8,10-11,18-20,31,34H,9,12-13H2,1H3. The minimum absolute atomic E-state index is 0.0940. The number of thioether (sulfide) groups is 1. The van der Waals surface area contributed by atoms with Gasteiger partial charge in [-0.2, -0.15) is 31.4 Å². The first-order valence-corrected chi connectivity index (χ1v) is 12.2. The van der Waals surface area contributed by atoms with Crippen LogP contribution in [0.3, 0.4) is 0 Å².